The summed E-state index contributed by atoms with van der Waals surface area (Å²) in [6, 6.07) is 4.28. The maximum Gasteiger partial charge on any atom is 0.246 e. The van der Waals surface area contributed by atoms with Gasteiger partial charge in [0.1, 0.15) is 4.90 Å². The fourth-order valence-electron chi connectivity index (χ4n) is 2.71. The number of sulfonamides is 1. The molecule has 8 heteroatoms. The fourth-order valence-corrected chi connectivity index (χ4v) is 4.55. The molecule has 5 nitrogen and oxygen atoms in total. The molecule has 0 atom stereocenters. The minimum absolute atomic E-state index is 0.171. The van der Waals surface area contributed by atoms with Gasteiger partial charge in [-0.05, 0) is 12.1 Å². The van der Waals surface area contributed by atoms with Crippen LogP contribution < -0.4 is 5.32 Å². The largest absolute Gasteiger partial charge is 0.314 e. The number of hydrogen-bond donors (Lipinski definition) is 1. The van der Waals surface area contributed by atoms with Crippen LogP contribution in [-0.4, -0.2) is 62.9 Å². The first-order valence-corrected chi connectivity index (χ1v) is 8.71. The van der Waals surface area contributed by atoms with Crippen LogP contribution >= 0.6 is 11.6 Å². The average molecular weight is 334 g/mol. The van der Waals surface area contributed by atoms with Gasteiger partial charge in [-0.15, -0.1) is 0 Å². The molecule has 2 saturated heterocycles. The van der Waals surface area contributed by atoms with Gasteiger partial charge in [0.15, 0.2) is 5.82 Å². The van der Waals surface area contributed by atoms with Crippen molar-refractivity contribution in [3.05, 3.63) is 29.0 Å². The van der Waals surface area contributed by atoms with Gasteiger partial charge in [-0.3, -0.25) is 4.90 Å². The highest BCUT2D eigenvalue weighted by atomic mass is 35.5. The standard InChI is InChI=1S/C13H17ClFN3O2S/c14-11-2-1-3-12(13(11)15)21(19,20)18-8-10(9-18)17-6-4-16-5-7-17/h1-3,10,16H,4-9H2. The summed E-state index contributed by atoms with van der Waals surface area (Å²) < 4.78 is 40.1. The lowest BCUT2D eigenvalue weighted by Crippen LogP contribution is -2.63. The van der Waals surface area contributed by atoms with E-state index in [1.165, 1.54) is 22.5 Å². The quantitative estimate of drug-likeness (QED) is 0.887. The smallest absolute Gasteiger partial charge is 0.246 e. The van der Waals surface area contributed by atoms with Crippen molar-refractivity contribution in [3.8, 4) is 0 Å². The van der Waals surface area contributed by atoms with Crippen LogP contribution in [0.25, 0.3) is 0 Å². The summed E-state index contributed by atoms with van der Waals surface area (Å²) >= 11 is 5.66. The molecule has 0 unspecified atom stereocenters. The molecule has 1 N–H and O–H groups in total. The summed E-state index contributed by atoms with van der Waals surface area (Å²) in [7, 11) is -3.80. The molecular formula is C13H17ClFN3O2S. The summed E-state index contributed by atoms with van der Waals surface area (Å²) in [6.07, 6.45) is 0. The third-order valence-corrected chi connectivity index (χ3v) is 6.17. The molecule has 2 heterocycles. The van der Waals surface area contributed by atoms with Crippen molar-refractivity contribution < 1.29 is 12.8 Å². The van der Waals surface area contributed by atoms with Gasteiger partial charge in [-0.25, -0.2) is 12.8 Å². The Balaban J connectivity index is 1.71. The Morgan fingerprint density at radius 3 is 2.57 bits per heavy atom. The predicted molar refractivity (Wildman–Crippen MR) is 78.4 cm³/mol. The topological polar surface area (TPSA) is 52.7 Å². The van der Waals surface area contributed by atoms with E-state index in [-0.39, 0.29) is 16.0 Å². The molecular weight excluding hydrogens is 317 g/mol. The predicted octanol–water partition coefficient (Wildman–Crippen LogP) is 0.757. The van der Waals surface area contributed by atoms with Crippen molar-refractivity contribution >= 4 is 21.6 Å². The molecule has 0 bridgehead atoms. The molecule has 0 amide bonds. The Bertz CT molecular complexity index is 628. The van der Waals surface area contributed by atoms with E-state index < -0.39 is 15.8 Å². The van der Waals surface area contributed by atoms with Crippen molar-refractivity contribution in [2.45, 2.75) is 10.9 Å². The SMILES string of the molecule is O=S(=O)(c1cccc(Cl)c1F)N1CC(N2CCNCC2)C1. The van der Waals surface area contributed by atoms with Crippen LogP contribution in [0.1, 0.15) is 0 Å². The molecule has 3 rings (SSSR count). The molecule has 1 aromatic carbocycles. The molecule has 0 spiro atoms. The lowest BCUT2D eigenvalue weighted by molar-refractivity contribution is 0.0772. The minimum atomic E-state index is -3.80. The number of nitrogens with zero attached hydrogens (tertiary/aromatic N) is 2. The maximum atomic E-state index is 13.9. The number of rotatable bonds is 3. The van der Waals surface area contributed by atoms with E-state index in [1.54, 1.807) is 0 Å². The summed E-state index contributed by atoms with van der Waals surface area (Å²) in [4.78, 5) is 1.94. The Hall–Kier alpha value is -0.730. The Morgan fingerprint density at radius 2 is 1.90 bits per heavy atom. The van der Waals surface area contributed by atoms with Crippen LogP contribution in [0.15, 0.2) is 23.1 Å². The van der Waals surface area contributed by atoms with E-state index >= 15 is 0 Å². The Labute approximate surface area is 128 Å². The van der Waals surface area contributed by atoms with E-state index in [0.717, 1.165) is 26.2 Å². The van der Waals surface area contributed by atoms with Crippen LogP contribution in [0, 0.1) is 5.82 Å². The Morgan fingerprint density at radius 1 is 1.24 bits per heavy atom. The van der Waals surface area contributed by atoms with Crippen LogP contribution in [-0.2, 0) is 10.0 Å². The Kier molecular flexibility index (Phi) is 4.20. The molecule has 2 aliphatic rings. The van der Waals surface area contributed by atoms with Crippen molar-refractivity contribution in [1.82, 2.24) is 14.5 Å². The first-order chi connectivity index (χ1) is 10.00. The third kappa shape index (κ3) is 2.80. The second-order valence-corrected chi connectivity index (χ2v) is 7.63. The molecule has 0 radical (unpaired) electrons. The second-order valence-electron chi connectivity index (χ2n) is 5.31. The van der Waals surface area contributed by atoms with E-state index in [2.05, 4.69) is 10.2 Å². The molecule has 116 valence electrons. The van der Waals surface area contributed by atoms with Crippen molar-refractivity contribution in [1.29, 1.82) is 0 Å². The minimum Gasteiger partial charge on any atom is -0.314 e. The number of nitrogens with one attached hydrogen (secondary N) is 1. The molecule has 2 aliphatic heterocycles. The van der Waals surface area contributed by atoms with Gasteiger partial charge >= 0.3 is 0 Å². The van der Waals surface area contributed by atoms with Gasteiger partial charge < -0.3 is 5.32 Å². The average Bonchev–Trinajstić information content (AvgIpc) is 2.41. The van der Waals surface area contributed by atoms with Crippen LogP contribution in [0.2, 0.25) is 5.02 Å². The van der Waals surface area contributed by atoms with Gasteiger partial charge in [0, 0.05) is 45.3 Å². The summed E-state index contributed by atoms with van der Waals surface area (Å²) in [5, 5.41) is 3.09. The number of halogens is 2. The van der Waals surface area contributed by atoms with Gasteiger partial charge in [0.25, 0.3) is 0 Å². The zero-order valence-corrected chi connectivity index (χ0v) is 13.0. The first-order valence-electron chi connectivity index (χ1n) is 6.89. The lowest BCUT2D eigenvalue weighted by atomic mass is 10.1. The van der Waals surface area contributed by atoms with Gasteiger partial charge in [0.05, 0.1) is 5.02 Å². The van der Waals surface area contributed by atoms with Crippen molar-refractivity contribution in [2.75, 3.05) is 39.3 Å². The highest BCUT2D eigenvalue weighted by molar-refractivity contribution is 7.89. The second kappa shape index (κ2) is 5.81. The zero-order chi connectivity index (χ0) is 15.0. The zero-order valence-electron chi connectivity index (χ0n) is 11.4. The van der Waals surface area contributed by atoms with Crippen LogP contribution in [0.4, 0.5) is 4.39 Å². The van der Waals surface area contributed by atoms with Crippen LogP contribution in [0.3, 0.4) is 0 Å². The van der Waals surface area contributed by atoms with Crippen molar-refractivity contribution in [2.24, 2.45) is 0 Å². The molecule has 0 saturated carbocycles. The summed E-state index contributed by atoms with van der Waals surface area (Å²) in [5.74, 6) is -0.871. The third-order valence-electron chi connectivity index (χ3n) is 4.03. The van der Waals surface area contributed by atoms with E-state index in [4.69, 9.17) is 11.6 Å². The summed E-state index contributed by atoms with van der Waals surface area (Å²) in [5.41, 5.74) is 0. The fraction of sp³-hybridized carbons (Fsp3) is 0.538. The number of piperazine rings is 1. The van der Waals surface area contributed by atoms with Gasteiger partial charge in [-0.2, -0.15) is 4.31 Å². The first kappa shape index (κ1) is 15.2. The van der Waals surface area contributed by atoms with E-state index in [1.807, 2.05) is 0 Å². The maximum absolute atomic E-state index is 13.9. The van der Waals surface area contributed by atoms with E-state index in [9.17, 15) is 12.8 Å². The highest BCUT2D eigenvalue weighted by Gasteiger charge is 2.40. The molecule has 0 aromatic heterocycles. The van der Waals surface area contributed by atoms with Gasteiger partial charge in [-0.1, -0.05) is 17.7 Å². The van der Waals surface area contributed by atoms with Crippen molar-refractivity contribution in [3.63, 3.8) is 0 Å². The lowest BCUT2D eigenvalue weighted by Gasteiger charge is -2.45. The summed E-state index contributed by atoms with van der Waals surface area (Å²) in [6.45, 7) is 4.51. The van der Waals surface area contributed by atoms with Crippen LogP contribution in [0.5, 0.6) is 0 Å². The molecule has 2 fully saturated rings. The van der Waals surface area contributed by atoms with E-state index in [0.29, 0.717) is 13.1 Å². The number of hydrogen-bond acceptors (Lipinski definition) is 4. The molecule has 21 heavy (non-hydrogen) atoms. The highest BCUT2D eigenvalue weighted by Crippen LogP contribution is 2.28. The number of benzene rings is 1. The molecule has 1 aromatic rings. The van der Waals surface area contributed by atoms with Gasteiger partial charge in [0.2, 0.25) is 10.0 Å². The normalized spacial score (nSPS) is 22.2. The molecule has 0 aliphatic carbocycles. The monoisotopic (exact) mass is 333 g/mol.